The minimum atomic E-state index is 0.495. The van der Waals surface area contributed by atoms with Gasteiger partial charge in [-0.05, 0) is 50.4 Å². The van der Waals surface area contributed by atoms with Crippen LogP contribution in [0.25, 0.3) is 11.0 Å². The number of benzene rings is 1. The van der Waals surface area contributed by atoms with Crippen LogP contribution in [0.3, 0.4) is 0 Å². The lowest BCUT2D eigenvalue weighted by atomic mass is 9.98. The fourth-order valence-corrected chi connectivity index (χ4v) is 4.13. The second-order valence-electron chi connectivity index (χ2n) is 5.62. The summed E-state index contributed by atoms with van der Waals surface area (Å²) in [5.41, 5.74) is 2.21. The van der Waals surface area contributed by atoms with Crippen molar-refractivity contribution in [3.05, 3.63) is 28.5 Å². The quantitative estimate of drug-likeness (QED) is 0.874. The zero-order valence-electron chi connectivity index (χ0n) is 10.4. The molecule has 2 bridgehead atoms. The van der Waals surface area contributed by atoms with Gasteiger partial charge < -0.3 is 4.98 Å². The molecule has 1 aromatic carbocycles. The van der Waals surface area contributed by atoms with Crippen molar-refractivity contribution in [1.82, 2.24) is 14.9 Å². The number of piperidine rings is 1. The van der Waals surface area contributed by atoms with Crippen molar-refractivity contribution >= 4 is 27.0 Å². The van der Waals surface area contributed by atoms with Gasteiger partial charge in [-0.1, -0.05) is 15.9 Å². The summed E-state index contributed by atoms with van der Waals surface area (Å²) in [6, 6.07) is 7.51. The van der Waals surface area contributed by atoms with Crippen molar-refractivity contribution in [3.8, 4) is 0 Å². The van der Waals surface area contributed by atoms with Gasteiger partial charge in [0.1, 0.15) is 5.82 Å². The van der Waals surface area contributed by atoms with Gasteiger partial charge in [0, 0.05) is 10.5 Å². The second-order valence-corrected chi connectivity index (χ2v) is 6.54. The molecule has 1 aliphatic carbocycles. The van der Waals surface area contributed by atoms with Crippen LogP contribution in [0, 0.1) is 5.92 Å². The third-order valence-corrected chi connectivity index (χ3v) is 5.14. The molecule has 94 valence electrons. The molecule has 4 heteroatoms. The van der Waals surface area contributed by atoms with Gasteiger partial charge >= 0.3 is 0 Å². The molecular weight excluding hydrogens is 290 g/mol. The number of halogens is 1. The van der Waals surface area contributed by atoms with E-state index in [1.54, 1.807) is 0 Å². The number of imidazole rings is 1. The highest BCUT2D eigenvalue weighted by Crippen LogP contribution is 2.48. The monoisotopic (exact) mass is 305 g/mol. The predicted octanol–water partition coefficient (Wildman–Crippen LogP) is 3.48. The van der Waals surface area contributed by atoms with Gasteiger partial charge in [-0.3, -0.25) is 4.90 Å². The van der Waals surface area contributed by atoms with E-state index in [-0.39, 0.29) is 0 Å². The fourth-order valence-electron chi connectivity index (χ4n) is 3.77. The van der Waals surface area contributed by atoms with Gasteiger partial charge in [-0.25, -0.2) is 4.98 Å². The van der Waals surface area contributed by atoms with Gasteiger partial charge in [-0.2, -0.15) is 0 Å². The van der Waals surface area contributed by atoms with E-state index in [0.29, 0.717) is 6.04 Å². The minimum absolute atomic E-state index is 0.495. The molecule has 3 nitrogen and oxygen atoms in total. The molecule has 2 aliphatic rings. The third kappa shape index (κ3) is 1.48. The Labute approximate surface area is 115 Å². The molecule has 1 N–H and O–H groups in total. The average Bonchev–Trinajstić information content (AvgIpc) is 3.00. The fraction of sp³-hybridized carbons (Fsp3) is 0.500. The van der Waals surface area contributed by atoms with Crippen LogP contribution in [-0.4, -0.2) is 28.0 Å². The molecule has 1 aromatic heterocycles. The van der Waals surface area contributed by atoms with Crippen LogP contribution in [0.2, 0.25) is 0 Å². The van der Waals surface area contributed by atoms with Crippen LogP contribution in [-0.2, 0) is 0 Å². The molecule has 1 unspecified atom stereocenters. The number of aromatic amines is 1. The number of nitrogens with one attached hydrogen (secondary N) is 1. The van der Waals surface area contributed by atoms with Gasteiger partial charge in [0.2, 0.25) is 0 Å². The summed E-state index contributed by atoms with van der Waals surface area (Å²) in [6.07, 6.45) is 4.08. The van der Waals surface area contributed by atoms with E-state index in [0.717, 1.165) is 33.3 Å². The summed E-state index contributed by atoms with van der Waals surface area (Å²) < 4.78 is 1.10. The molecule has 1 saturated carbocycles. The highest BCUT2D eigenvalue weighted by atomic mass is 79.9. The summed E-state index contributed by atoms with van der Waals surface area (Å²) in [4.78, 5) is 10.8. The molecule has 1 aliphatic heterocycles. The summed E-state index contributed by atoms with van der Waals surface area (Å²) in [5.74, 6) is 1.95. The number of hydrogen-bond acceptors (Lipinski definition) is 2. The van der Waals surface area contributed by atoms with E-state index in [1.807, 2.05) is 0 Å². The minimum Gasteiger partial charge on any atom is -0.341 e. The van der Waals surface area contributed by atoms with Crippen LogP contribution < -0.4 is 0 Å². The van der Waals surface area contributed by atoms with E-state index in [4.69, 9.17) is 4.98 Å². The number of fused-ring (bicyclic) bond motifs is 3. The van der Waals surface area contributed by atoms with E-state index in [1.165, 1.54) is 19.3 Å². The molecule has 1 saturated heterocycles. The molecular formula is C14H16BrN3. The molecule has 4 rings (SSSR count). The maximum Gasteiger partial charge on any atom is 0.124 e. The van der Waals surface area contributed by atoms with Crippen LogP contribution in [0.15, 0.2) is 22.7 Å². The maximum atomic E-state index is 4.79. The van der Waals surface area contributed by atoms with E-state index in [2.05, 4.69) is 51.1 Å². The molecule has 3 atom stereocenters. The molecule has 2 heterocycles. The van der Waals surface area contributed by atoms with E-state index in [9.17, 15) is 0 Å². The average molecular weight is 306 g/mol. The Morgan fingerprint density at radius 2 is 2.28 bits per heavy atom. The molecule has 2 fully saturated rings. The highest BCUT2D eigenvalue weighted by molar-refractivity contribution is 9.10. The van der Waals surface area contributed by atoms with Gasteiger partial charge in [0.25, 0.3) is 0 Å². The SMILES string of the molecule is CN1C(c2nc3ccc(Br)cc3[nH]2)[C@H]2CC[C@@H]1C2. The Kier molecular flexibility index (Phi) is 2.33. The summed E-state index contributed by atoms with van der Waals surface area (Å²) in [5, 5.41) is 0. The predicted molar refractivity (Wildman–Crippen MR) is 75.4 cm³/mol. The Hall–Kier alpha value is -0.870. The first-order chi connectivity index (χ1) is 8.72. The standard InChI is InChI=1S/C14H16BrN3/c1-18-10-4-2-8(6-10)13(18)14-16-11-5-3-9(15)7-12(11)17-14/h3,5,7-8,10,13H,2,4,6H2,1H3,(H,16,17)/t8-,10+,13?/m0/s1. The lowest BCUT2D eigenvalue weighted by Crippen LogP contribution is -2.31. The first-order valence-electron chi connectivity index (χ1n) is 6.59. The zero-order chi connectivity index (χ0) is 12.3. The van der Waals surface area contributed by atoms with Crippen LogP contribution in [0.4, 0.5) is 0 Å². The Bertz CT molecular complexity index is 604. The van der Waals surface area contributed by atoms with Crippen molar-refractivity contribution in [2.45, 2.75) is 31.3 Å². The van der Waals surface area contributed by atoms with Crippen molar-refractivity contribution in [2.24, 2.45) is 5.92 Å². The van der Waals surface area contributed by atoms with E-state index >= 15 is 0 Å². The lowest BCUT2D eigenvalue weighted by molar-refractivity contribution is 0.171. The number of aromatic nitrogens is 2. The van der Waals surface area contributed by atoms with Crippen LogP contribution >= 0.6 is 15.9 Å². The second kappa shape index (κ2) is 3.81. The maximum absolute atomic E-state index is 4.79. The molecule has 2 aromatic rings. The molecule has 0 radical (unpaired) electrons. The van der Waals surface area contributed by atoms with Crippen molar-refractivity contribution in [3.63, 3.8) is 0 Å². The van der Waals surface area contributed by atoms with E-state index < -0.39 is 0 Å². The number of nitrogens with zero attached hydrogens (tertiary/aromatic N) is 2. The summed E-state index contributed by atoms with van der Waals surface area (Å²) in [6.45, 7) is 0. The van der Waals surface area contributed by atoms with Crippen molar-refractivity contribution in [2.75, 3.05) is 7.05 Å². The van der Waals surface area contributed by atoms with Crippen molar-refractivity contribution < 1.29 is 0 Å². The molecule has 0 spiro atoms. The number of likely N-dealkylation sites (tertiary alicyclic amines) is 1. The first kappa shape index (κ1) is 11.0. The smallest absolute Gasteiger partial charge is 0.124 e. The Morgan fingerprint density at radius 1 is 1.39 bits per heavy atom. The van der Waals surface area contributed by atoms with Crippen LogP contribution in [0.1, 0.15) is 31.1 Å². The Morgan fingerprint density at radius 3 is 3.06 bits per heavy atom. The van der Waals surface area contributed by atoms with Gasteiger partial charge in [0.15, 0.2) is 0 Å². The highest BCUT2D eigenvalue weighted by Gasteiger charge is 2.45. The lowest BCUT2D eigenvalue weighted by Gasteiger charge is -2.30. The number of hydrogen-bond donors (Lipinski definition) is 1. The molecule has 0 amide bonds. The van der Waals surface area contributed by atoms with Gasteiger partial charge in [0.05, 0.1) is 17.1 Å². The summed E-state index contributed by atoms with van der Waals surface area (Å²) >= 11 is 3.51. The summed E-state index contributed by atoms with van der Waals surface area (Å²) in [7, 11) is 2.25. The van der Waals surface area contributed by atoms with Crippen molar-refractivity contribution in [1.29, 1.82) is 0 Å². The Balaban J connectivity index is 1.78. The van der Waals surface area contributed by atoms with Crippen LogP contribution in [0.5, 0.6) is 0 Å². The largest absolute Gasteiger partial charge is 0.341 e. The first-order valence-corrected chi connectivity index (χ1v) is 7.39. The third-order valence-electron chi connectivity index (χ3n) is 4.65. The number of rotatable bonds is 1. The normalized spacial score (nSPS) is 31.6. The molecule has 18 heavy (non-hydrogen) atoms. The number of H-pyrrole nitrogens is 1. The zero-order valence-corrected chi connectivity index (χ0v) is 11.9. The van der Waals surface area contributed by atoms with Gasteiger partial charge in [-0.15, -0.1) is 0 Å². The topological polar surface area (TPSA) is 31.9 Å².